The lowest BCUT2D eigenvalue weighted by Crippen LogP contribution is -1.90. The number of hydrogen-bond donors (Lipinski definition) is 1. The summed E-state index contributed by atoms with van der Waals surface area (Å²) in [5, 5.41) is 3.91. The van der Waals surface area contributed by atoms with Gasteiger partial charge in [-0.25, -0.2) is 4.39 Å². The molecule has 0 radical (unpaired) electrons. The van der Waals surface area contributed by atoms with Crippen molar-refractivity contribution in [2.45, 2.75) is 6.92 Å². The van der Waals surface area contributed by atoms with Gasteiger partial charge in [-0.05, 0) is 36.8 Å². The van der Waals surface area contributed by atoms with Gasteiger partial charge in [-0.15, -0.1) is 0 Å². The van der Waals surface area contributed by atoms with Crippen LogP contribution in [0.2, 0.25) is 0 Å². The second-order valence-electron chi connectivity index (χ2n) is 4.35. The van der Waals surface area contributed by atoms with Crippen LogP contribution in [0.4, 0.5) is 10.1 Å². The number of aromatic nitrogens is 3. The van der Waals surface area contributed by atoms with Crippen molar-refractivity contribution in [3.63, 3.8) is 0 Å². The van der Waals surface area contributed by atoms with Gasteiger partial charge in [0, 0.05) is 23.5 Å². The third kappa shape index (κ3) is 2.11. The van der Waals surface area contributed by atoms with Gasteiger partial charge >= 0.3 is 0 Å². The highest BCUT2D eigenvalue weighted by molar-refractivity contribution is 5.63. The second-order valence-corrected chi connectivity index (χ2v) is 4.35. The number of pyridine rings is 1. The summed E-state index contributed by atoms with van der Waals surface area (Å²) in [7, 11) is 0. The average molecular weight is 270 g/mol. The Bertz CT molecular complexity index is 769. The molecule has 5 nitrogen and oxygen atoms in total. The molecule has 0 fully saturated rings. The van der Waals surface area contributed by atoms with E-state index in [-0.39, 0.29) is 11.6 Å². The molecule has 6 heteroatoms. The summed E-state index contributed by atoms with van der Waals surface area (Å²) in [6.45, 7) is 1.90. The molecule has 2 aromatic heterocycles. The Kier molecular flexibility index (Phi) is 2.90. The highest BCUT2D eigenvalue weighted by atomic mass is 19.1. The van der Waals surface area contributed by atoms with E-state index in [1.807, 2.05) is 6.92 Å². The predicted octanol–water partition coefficient (Wildman–Crippen LogP) is 2.83. The third-order valence-electron chi connectivity index (χ3n) is 2.93. The van der Waals surface area contributed by atoms with Crippen LogP contribution in [-0.2, 0) is 0 Å². The molecule has 0 saturated heterocycles. The number of benzene rings is 1. The summed E-state index contributed by atoms with van der Waals surface area (Å²) < 4.78 is 18.6. The fourth-order valence-electron chi connectivity index (χ4n) is 1.83. The molecule has 0 atom stereocenters. The maximum absolute atomic E-state index is 13.4. The Morgan fingerprint density at radius 1 is 1.25 bits per heavy atom. The standard InChI is InChI=1S/C14H11FN4O/c1-8-7-17-5-4-10(8)13-18-14(20-19-13)9-2-3-12(16)11(15)6-9/h2-7H,16H2,1H3. The monoisotopic (exact) mass is 270 g/mol. The van der Waals surface area contributed by atoms with Crippen LogP contribution in [0.1, 0.15) is 5.56 Å². The van der Waals surface area contributed by atoms with Crippen LogP contribution in [0.25, 0.3) is 22.8 Å². The number of nitrogen functional groups attached to an aromatic ring is 1. The van der Waals surface area contributed by atoms with E-state index in [9.17, 15) is 4.39 Å². The molecule has 0 spiro atoms. The number of rotatable bonds is 2. The van der Waals surface area contributed by atoms with E-state index < -0.39 is 5.82 Å². The molecule has 2 N–H and O–H groups in total. The topological polar surface area (TPSA) is 77.8 Å². The number of anilines is 1. The first kappa shape index (κ1) is 12.3. The van der Waals surface area contributed by atoms with E-state index in [0.717, 1.165) is 11.1 Å². The van der Waals surface area contributed by atoms with Gasteiger partial charge in [0.2, 0.25) is 5.82 Å². The highest BCUT2D eigenvalue weighted by Gasteiger charge is 2.13. The summed E-state index contributed by atoms with van der Waals surface area (Å²) in [6.07, 6.45) is 3.37. The maximum atomic E-state index is 13.4. The molecule has 100 valence electrons. The van der Waals surface area contributed by atoms with Crippen molar-refractivity contribution in [1.29, 1.82) is 0 Å². The lowest BCUT2D eigenvalue weighted by molar-refractivity contribution is 0.432. The fraction of sp³-hybridized carbons (Fsp3) is 0.0714. The molecule has 0 aliphatic carbocycles. The van der Waals surface area contributed by atoms with Crippen LogP contribution in [0.5, 0.6) is 0 Å². The van der Waals surface area contributed by atoms with Crippen LogP contribution in [0.15, 0.2) is 41.2 Å². The normalized spacial score (nSPS) is 10.7. The first-order chi connectivity index (χ1) is 9.65. The minimum Gasteiger partial charge on any atom is -0.396 e. The van der Waals surface area contributed by atoms with E-state index >= 15 is 0 Å². The van der Waals surface area contributed by atoms with E-state index in [2.05, 4.69) is 15.1 Å². The van der Waals surface area contributed by atoms with E-state index in [0.29, 0.717) is 11.4 Å². The zero-order valence-corrected chi connectivity index (χ0v) is 10.7. The Morgan fingerprint density at radius 3 is 2.85 bits per heavy atom. The molecule has 3 rings (SSSR count). The van der Waals surface area contributed by atoms with Gasteiger partial charge in [0.05, 0.1) is 5.69 Å². The largest absolute Gasteiger partial charge is 0.396 e. The molecule has 1 aromatic carbocycles. The van der Waals surface area contributed by atoms with Crippen molar-refractivity contribution in [3.8, 4) is 22.8 Å². The number of halogens is 1. The maximum Gasteiger partial charge on any atom is 0.258 e. The Morgan fingerprint density at radius 2 is 2.10 bits per heavy atom. The van der Waals surface area contributed by atoms with Crippen molar-refractivity contribution in [3.05, 3.63) is 48.0 Å². The molecule has 0 bridgehead atoms. The summed E-state index contributed by atoms with van der Waals surface area (Å²) >= 11 is 0. The van der Waals surface area contributed by atoms with E-state index in [1.54, 1.807) is 24.5 Å². The molecule has 3 aromatic rings. The van der Waals surface area contributed by atoms with Gasteiger partial charge in [-0.3, -0.25) is 4.98 Å². The van der Waals surface area contributed by atoms with Crippen molar-refractivity contribution in [1.82, 2.24) is 15.1 Å². The van der Waals surface area contributed by atoms with Gasteiger partial charge < -0.3 is 10.3 Å². The van der Waals surface area contributed by atoms with Gasteiger partial charge in [0.1, 0.15) is 5.82 Å². The number of nitrogens with zero attached hydrogens (tertiary/aromatic N) is 3. The smallest absolute Gasteiger partial charge is 0.258 e. The van der Waals surface area contributed by atoms with Crippen LogP contribution in [0.3, 0.4) is 0 Å². The number of nitrogens with two attached hydrogens (primary N) is 1. The van der Waals surface area contributed by atoms with E-state index in [4.69, 9.17) is 10.3 Å². The zero-order valence-electron chi connectivity index (χ0n) is 10.7. The van der Waals surface area contributed by atoms with E-state index in [1.165, 1.54) is 12.1 Å². The predicted molar refractivity (Wildman–Crippen MR) is 72.1 cm³/mol. The molecule has 0 aliphatic rings. The van der Waals surface area contributed by atoms with Crippen LogP contribution in [0, 0.1) is 12.7 Å². The zero-order chi connectivity index (χ0) is 14.1. The highest BCUT2D eigenvalue weighted by Crippen LogP contribution is 2.25. The van der Waals surface area contributed by atoms with Crippen LogP contribution >= 0.6 is 0 Å². The molecule has 0 unspecified atom stereocenters. The quantitative estimate of drug-likeness (QED) is 0.724. The van der Waals surface area contributed by atoms with Crippen molar-refractivity contribution in [2.24, 2.45) is 0 Å². The molecular formula is C14H11FN4O. The molecule has 20 heavy (non-hydrogen) atoms. The van der Waals surface area contributed by atoms with Crippen LogP contribution < -0.4 is 5.73 Å². The third-order valence-corrected chi connectivity index (χ3v) is 2.93. The minimum absolute atomic E-state index is 0.0819. The molecule has 0 aliphatic heterocycles. The summed E-state index contributed by atoms with van der Waals surface area (Å²) in [4.78, 5) is 8.28. The first-order valence-electron chi connectivity index (χ1n) is 5.95. The van der Waals surface area contributed by atoms with Crippen LogP contribution in [-0.4, -0.2) is 15.1 Å². The number of aryl methyl sites for hydroxylation is 1. The molecule has 2 heterocycles. The summed E-state index contributed by atoms with van der Waals surface area (Å²) in [5.74, 6) is 0.176. The van der Waals surface area contributed by atoms with Gasteiger partial charge in [0.25, 0.3) is 5.89 Å². The SMILES string of the molecule is Cc1cnccc1-c1noc(-c2ccc(N)c(F)c2)n1. The number of hydrogen-bond acceptors (Lipinski definition) is 5. The van der Waals surface area contributed by atoms with Crippen molar-refractivity contribution in [2.75, 3.05) is 5.73 Å². The molecule has 0 amide bonds. The van der Waals surface area contributed by atoms with Gasteiger partial charge in [-0.1, -0.05) is 5.16 Å². The summed E-state index contributed by atoms with van der Waals surface area (Å²) in [5.41, 5.74) is 7.76. The minimum atomic E-state index is -0.512. The second kappa shape index (κ2) is 4.73. The Balaban J connectivity index is 2.02. The lowest BCUT2D eigenvalue weighted by Gasteiger charge is -1.98. The fourth-order valence-corrected chi connectivity index (χ4v) is 1.83. The molecule has 0 saturated carbocycles. The summed E-state index contributed by atoms with van der Waals surface area (Å²) in [6, 6.07) is 6.17. The van der Waals surface area contributed by atoms with Gasteiger partial charge in [0.15, 0.2) is 0 Å². The van der Waals surface area contributed by atoms with Crippen molar-refractivity contribution < 1.29 is 8.91 Å². The lowest BCUT2D eigenvalue weighted by atomic mass is 10.1. The molecular weight excluding hydrogens is 259 g/mol. The average Bonchev–Trinajstić information content (AvgIpc) is 2.92. The first-order valence-corrected chi connectivity index (χ1v) is 5.95. The Hall–Kier alpha value is -2.76. The Labute approximate surface area is 114 Å². The van der Waals surface area contributed by atoms with Crippen molar-refractivity contribution >= 4 is 5.69 Å². The van der Waals surface area contributed by atoms with Gasteiger partial charge in [-0.2, -0.15) is 4.98 Å².